The number of alkyl halides is 3. The summed E-state index contributed by atoms with van der Waals surface area (Å²) in [5.41, 5.74) is 3.52. The highest BCUT2D eigenvalue weighted by atomic mass is 35.5. The molecule has 41 heavy (non-hydrogen) atoms. The standard InChI is InChI=1S/C30H31ClF3N5O2/c31-21-5-8-24(19-3-6-22(7-4-19)36-10-12-37(13-11-36)30(41)25-15-26(25)32)27(14-21)38-9-1-2-23(17-38)39-28(29(33)34)20(18-40)16-35-39/h3-8,14,16,18,23,25-26,29H,1-2,9-13,15,17H2. The van der Waals surface area contributed by atoms with Crippen LogP contribution in [0.5, 0.6) is 0 Å². The van der Waals surface area contributed by atoms with Gasteiger partial charge in [-0.2, -0.15) is 5.10 Å². The Hall–Kier alpha value is -3.53. The maximum absolute atomic E-state index is 13.8. The number of anilines is 2. The van der Waals surface area contributed by atoms with Crippen molar-refractivity contribution in [1.29, 1.82) is 0 Å². The molecule has 216 valence electrons. The number of carbonyl (C=O) groups is 2. The summed E-state index contributed by atoms with van der Waals surface area (Å²) in [4.78, 5) is 29.8. The fraction of sp³-hybridized carbons (Fsp3) is 0.433. The molecule has 3 aromatic rings. The fourth-order valence-electron chi connectivity index (χ4n) is 6.07. The molecule has 2 aromatic carbocycles. The molecule has 2 saturated heterocycles. The first-order valence-corrected chi connectivity index (χ1v) is 14.4. The molecule has 3 aliphatic rings. The molecule has 0 spiro atoms. The minimum Gasteiger partial charge on any atom is -0.369 e. The molecule has 11 heteroatoms. The Balaban J connectivity index is 1.19. The lowest BCUT2D eigenvalue weighted by Gasteiger charge is -2.37. The lowest BCUT2D eigenvalue weighted by molar-refractivity contribution is -0.133. The zero-order chi connectivity index (χ0) is 28.7. The predicted octanol–water partition coefficient (Wildman–Crippen LogP) is 5.80. The topological polar surface area (TPSA) is 61.7 Å². The number of rotatable bonds is 7. The molecule has 7 nitrogen and oxygen atoms in total. The van der Waals surface area contributed by atoms with Gasteiger partial charge >= 0.3 is 0 Å². The van der Waals surface area contributed by atoms with Crippen LogP contribution in [0.25, 0.3) is 11.1 Å². The van der Waals surface area contributed by atoms with Crippen LogP contribution in [0.4, 0.5) is 24.5 Å². The van der Waals surface area contributed by atoms with Crippen molar-refractivity contribution in [1.82, 2.24) is 14.7 Å². The molecular weight excluding hydrogens is 555 g/mol. The van der Waals surface area contributed by atoms with Gasteiger partial charge < -0.3 is 14.7 Å². The number of aromatic nitrogens is 2. The lowest BCUT2D eigenvalue weighted by Crippen LogP contribution is -2.49. The monoisotopic (exact) mass is 585 g/mol. The third-order valence-corrected chi connectivity index (χ3v) is 8.64. The van der Waals surface area contributed by atoms with Gasteiger partial charge in [0.25, 0.3) is 6.43 Å². The highest BCUT2D eigenvalue weighted by Crippen LogP contribution is 2.39. The molecule has 1 aromatic heterocycles. The van der Waals surface area contributed by atoms with Gasteiger partial charge in [-0.1, -0.05) is 29.8 Å². The average molecular weight is 586 g/mol. The van der Waals surface area contributed by atoms with Crippen LogP contribution < -0.4 is 9.80 Å². The van der Waals surface area contributed by atoms with Crippen molar-refractivity contribution >= 4 is 35.2 Å². The minimum absolute atomic E-state index is 0.0649. The van der Waals surface area contributed by atoms with Gasteiger partial charge in [0.2, 0.25) is 5.91 Å². The molecule has 6 rings (SSSR count). The number of piperidine rings is 1. The number of nitrogens with zero attached hydrogens (tertiary/aromatic N) is 5. The predicted molar refractivity (Wildman–Crippen MR) is 152 cm³/mol. The first-order chi connectivity index (χ1) is 19.8. The highest BCUT2D eigenvalue weighted by Gasteiger charge is 2.46. The van der Waals surface area contributed by atoms with E-state index >= 15 is 0 Å². The van der Waals surface area contributed by atoms with Crippen molar-refractivity contribution in [2.45, 2.75) is 37.9 Å². The van der Waals surface area contributed by atoms with E-state index in [9.17, 15) is 22.8 Å². The molecule has 3 unspecified atom stereocenters. The lowest BCUT2D eigenvalue weighted by atomic mass is 9.99. The number of benzene rings is 2. The second kappa shape index (κ2) is 11.4. The van der Waals surface area contributed by atoms with Crippen LogP contribution in [-0.4, -0.2) is 72.3 Å². The Morgan fingerprint density at radius 3 is 2.41 bits per heavy atom. The van der Waals surface area contributed by atoms with Crippen LogP contribution in [0.3, 0.4) is 0 Å². The van der Waals surface area contributed by atoms with Gasteiger partial charge in [0.15, 0.2) is 6.29 Å². The maximum Gasteiger partial charge on any atom is 0.280 e. The van der Waals surface area contributed by atoms with Crippen molar-refractivity contribution in [2.24, 2.45) is 5.92 Å². The molecule has 1 aliphatic carbocycles. The van der Waals surface area contributed by atoms with E-state index in [-0.39, 0.29) is 23.2 Å². The molecule has 0 bridgehead atoms. The SMILES string of the molecule is O=Cc1cnn(C2CCCN(c3cc(Cl)ccc3-c3ccc(N4CCN(C(=O)C5CC5F)CC4)cc3)C2)c1C(F)F. The van der Waals surface area contributed by atoms with E-state index in [1.807, 2.05) is 18.2 Å². The summed E-state index contributed by atoms with van der Waals surface area (Å²) in [7, 11) is 0. The Labute approximate surface area is 241 Å². The number of amides is 1. The van der Waals surface area contributed by atoms with Crippen LogP contribution in [0.2, 0.25) is 5.02 Å². The second-order valence-electron chi connectivity index (χ2n) is 11.0. The number of aldehydes is 1. The number of halogens is 4. The van der Waals surface area contributed by atoms with Gasteiger partial charge in [0.1, 0.15) is 11.9 Å². The van der Waals surface area contributed by atoms with E-state index < -0.39 is 18.5 Å². The molecule has 3 fully saturated rings. The molecular formula is C30H31ClF3N5O2. The van der Waals surface area contributed by atoms with Crippen molar-refractivity contribution in [2.75, 3.05) is 49.1 Å². The summed E-state index contributed by atoms with van der Waals surface area (Å²) < 4.78 is 42.2. The van der Waals surface area contributed by atoms with E-state index in [0.717, 1.165) is 35.5 Å². The van der Waals surface area contributed by atoms with E-state index in [0.29, 0.717) is 56.9 Å². The molecule has 3 atom stereocenters. The third-order valence-electron chi connectivity index (χ3n) is 8.40. The molecule has 1 amide bonds. The van der Waals surface area contributed by atoms with Gasteiger partial charge in [-0.3, -0.25) is 14.3 Å². The fourth-order valence-corrected chi connectivity index (χ4v) is 6.23. The van der Waals surface area contributed by atoms with Crippen LogP contribution >= 0.6 is 11.6 Å². The Bertz CT molecular complexity index is 1420. The molecule has 2 aliphatic heterocycles. The number of carbonyl (C=O) groups excluding carboxylic acids is 2. The first-order valence-electron chi connectivity index (χ1n) is 14.0. The summed E-state index contributed by atoms with van der Waals surface area (Å²) in [6.07, 6.45) is -0.325. The Morgan fingerprint density at radius 2 is 1.76 bits per heavy atom. The number of hydrogen-bond acceptors (Lipinski definition) is 5. The van der Waals surface area contributed by atoms with E-state index in [1.165, 1.54) is 10.9 Å². The third kappa shape index (κ3) is 5.54. The van der Waals surface area contributed by atoms with Crippen LogP contribution in [0.1, 0.15) is 47.8 Å². The summed E-state index contributed by atoms with van der Waals surface area (Å²) in [6.45, 7) is 3.74. The normalized spacial score (nSPS) is 22.8. The van der Waals surface area contributed by atoms with Gasteiger partial charge in [-0.15, -0.1) is 0 Å². The van der Waals surface area contributed by atoms with Crippen molar-refractivity contribution in [3.63, 3.8) is 0 Å². The largest absolute Gasteiger partial charge is 0.369 e. The zero-order valence-electron chi connectivity index (χ0n) is 22.4. The number of piperazine rings is 1. The quantitative estimate of drug-likeness (QED) is 0.328. The Kier molecular flexibility index (Phi) is 7.68. The van der Waals surface area contributed by atoms with Crippen molar-refractivity contribution in [3.05, 3.63) is 64.9 Å². The zero-order valence-corrected chi connectivity index (χ0v) is 23.2. The summed E-state index contributed by atoms with van der Waals surface area (Å²) in [5, 5.41) is 4.73. The van der Waals surface area contributed by atoms with Gasteiger partial charge in [0.05, 0.1) is 23.7 Å². The first kappa shape index (κ1) is 27.6. The Morgan fingerprint density at radius 1 is 1.02 bits per heavy atom. The van der Waals surface area contributed by atoms with Gasteiger partial charge in [0, 0.05) is 61.2 Å². The molecule has 3 heterocycles. The highest BCUT2D eigenvalue weighted by molar-refractivity contribution is 6.31. The summed E-state index contributed by atoms with van der Waals surface area (Å²) in [6, 6.07) is 13.6. The van der Waals surface area contributed by atoms with E-state index in [4.69, 9.17) is 11.6 Å². The van der Waals surface area contributed by atoms with Gasteiger partial charge in [-0.05, 0) is 49.1 Å². The van der Waals surface area contributed by atoms with Crippen LogP contribution in [0.15, 0.2) is 48.7 Å². The molecule has 1 saturated carbocycles. The van der Waals surface area contributed by atoms with Crippen molar-refractivity contribution < 1.29 is 22.8 Å². The van der Waals surface area contributed by atoms with Crippen LogP contribution in [0, 0.1) is 5.92 Å². The maximum atomic E-state index is 13.8. The smallest absolute Gasteiger partial charge is 0.280 e. The number of hydrogen-bond donors (Lipinski definition) is 0. The summed E-state index contributed by atoms with van der Waals surface area (Å²) in [5.74, 6) is -0.505. The van der Waals surface area contributed by atoms with E-state index in [2.05, 4.69) is 39.2 Å². The summed E-state index contributed by atoms with van der Waals surface area (Å²) >= 11 is 6.42. The van der Waals surface area contributed by atoms with Gasteiger partial charge in [-0.25, -0.2) is 13.2 Å². The minimum atomic E-state index is -2.79. The van der Waals surface area contributed by atoms with Crippen LogP contribution in [-0.2, 0) is 4.79 Å². The molecule has 0 N–H and O–H groups in total. The molecule has 0 radical (unpaired) electrons. The van der Waals surface area contributed by atoms with Crippen molar-refractivity contribution in [3.8, 4) is 11.1 Å². The van der Waals surface area contributed by atoms with E-state index in [1.54, 1.807) is 4.90 Å². The average Bonchev–Trinajstić information content (AvgIpc) is 3.56. The second-order valence-corrected chi connectivity index (χ2v) is 11.4.